The summed E-state index contributed by atoms with van der Waals surface area (Å²) in [6.07, 6.45) is 2.04. The van der Waals surface area contributed by atoms with Crippen LogP contribution >= 0.6 is 11.6 Å². The van der Waals surface area contributed by atoms with Crippen LogP contribution in [0.25, 0.3) is 0 Å². The second-order valence-electron chi connectivity index (χ2n) is 5.25. The number of rotatable bonds is 4. The Morgan fingerprint density at radius 2 is 1.91 bits per heavy atom. The van der Waals surface area contributed by atoms with Gasteiger partial charge in [0.2, 0.25) is 5.91 Å². The maximum Gasteiger partial charge on any atom is 0.310 e. The Balaban J connectivity index is 1.82. The molecule has 1 aromatic carbocycles. The van der Waals surface area contributed by atoms with Crippen LogP contribution in [0.15, 0.2) is 30.4 Å². The fourth-order valence-corrected chi connectivity index (χ4v) is 3.06. The Morgan fingerprint density at radius 3 is 2.52 bits per heavy atom. The number of carboxylic acids is 1. The average molecular weight is 339 g/mol. The number of nitrogens with zero attached hydrogens (tertiary/aromatic N) is 1. The topological polar surface area (TPSA) is 119 Å². The number of nitro groups is 1. The summed E-state index contributed by atoms with van der Waals surface area (Å²) in [6.45, 7) is 0. The molecule has 23 heavy (non-hydrogen) atoms. The Kier molecular flexibility index (Phi) is 3.78. The molecule has 1 saturated heterocycles. The number of nitrogens with one attached hydrogen (secondary N) is 1. The highest BCUT2D eigenvalue weighted by Crippen LogP contribution is 2.40. The molecular formula is C14H11ClN2O6. The van der Waals surface area contributed by atoms with Crippen molar-refractivity contribution in [2.24, 2.45) is 11.8 Å². The van der Waals surface area contributed by atoms with Crippen LogP contribution in [0.2, 0.25) is 5.02 Å². The first-order chi connectivity index (χ1) is 10.9. The number of ether oxygens (including phenoxy) is 1. The lowest BCUT2D eigenvalue weighted by Gasteiger charge is -2.20. The van der Waals surface area contributed by atoms with Crippen molar-refractivity contribution >= 4 is 34.9 Å². The summed E-state index contributed by atoms with van der Waals surface area (Å²) in [5.41, 5.74) is -0.176. The third-order valence-corrected chi connectivity index (χ3v) is 4.22. The number of aliphatic carboxylic acids is 1. The molecule has 0 radical (unpaired) electrons. The summed E-state index contributed by atoms with van der Waals surface area (Å²) < 4.78 is 5.42. The van der Waals surface area contributed by atoms with Gasteiger partial charge in [-0.2, -0.15) is 0 Å². The van der Waals surface area contributed by atoms with E-state index < -0.39 is 40.8 Å². The molecule has 0 saturated carbocycles. The minimum Gasteiger partial charge on any atom is -0.481 e. The molecule has 2 bridgehead atoms. The van der Waals surface area contributed by atoms with Crippen LogP contribution in [0.1, 0.15) is 0 Å². The summed E-state index contributed by atoms with van der Waals surface area (Å²) >= 11 is 5.71. The molecule has 1 aromatic rings. The molecule has 1 fully saturated rings. The molecule has 2 heterocycles. The summed E-state index contributed by atoms with van der Waals surface area (Å²) in [5.74, 6) is -3.56. The van der Waals surface area contributed by atoms with Gasteiger partial charge in [-0.05, 0) is 12.1 Å². The van der Waals surface area contributed by atoms with Crippen molar-refractivity contribution in [2.45, 2.75) is 12.2 Å². The van der Waals surface area contributed by atoms with Crippen molar-refractivity contribution in [2.75, 3.05) is 5.32 Å². The van der Waals surface area contributed by atoms with E-state index in [1.54, 1.807) is 12.2 Å². The number of hydrogen-bond acceptors (Lipinski definition) is 5. The molecule has 1 amide bonds. The average Bonchev–Trinajstić information content (AvgIpc) is 3.09. The number of hydrogen-bond donors (Lipinski definition) is 2. The highest BCUT2D eigenvalue weighted by Gasteiger charge is 2.53. The van der Waals surface area contributed by atoms with Crippen LogP contribution < -0.4 is 5.32 Å². The number of carboxylic acid groups (broad SMARTS) is 1. The maximum atomic E-state index is 12.4. The normalized spacial score (nSPS) is 27.9. The molecule has 0 unspecified atom stereocenters. The first kappa shape index (κ1) is 15.4. The van der Waals surface area contributed by atoms with Gasteiger partial charge < -0.3 is 15.2 Å². The number of fused-ring (bicyclic) bond motifs is 2. The predicted molar refractivity (Wildman–Crippen MR) is 79.2 cm³/mol. The van der Waals surface area contributed by atoms with Gasteiger partial charge in [-0.3, -0.25) is 19.7 Å². The van der Waals surface area contributed by atoms with Crippen LogP contribution in [0, 0.1) is 22.0 Å². The number of carbonyl (C=O) groups is 2. The van der Waals surface area contributed by atoms with Gasteiger partial charge in [0.05, 0.1) is 23.0 Å². The smallest absolute Gasteiger partial charge is 0.310 e. The largest absolute Gasteiger partial charge is 0.481 e. The van der Waals surface area contributed by atoms with E-state index in [-0.39, 0.29) is 16.4 Å². The quantitative estimate of drug-likeness (QED) is 0.491. The van der Waals surface area contributed by atoms with Crippen LogP contribution in [0.3, 0.4) is 0 Å². The Bertz CT molecular complexity index is 734. The SMILES string of the molecule is O=C(O)[C@@H]1[C@@H](C(=O)Nc2ccc(Cl)c([N+](=O)[O-])c2)[C@H]2C=C[C@@H]1O2. The summed E-state index contributed by atoms with van der Waals surface area (Å²) in [6, 6.07) is 3.83. The van der Waals surface area contributed by atoms with E-state index in [9.17, 15) is 24.8 Å². The van der Waals surface area contributed by atoms with Crippen molar-refractivity contribution in [3.8, 4) is 0 Å². The highest BCUT2D eigenvalue weighted by molar-refractivity contribution is 6.32. The summed E-state index contributed by atoms with van der Waals surface area (Å²) in [4.78, 5) is 33.9. The van der Waals surface area contributed by atoms with E-state index in [2.05, 4.69) is 5.32 Å². The van der Waals surface area contributed by atoms with Crippen LogP contribution in [0.4, 0.5) is 11.4 Å². The van der Waals surface area contributed by atoms with E-state index in [0.717, 1.165) is 6.07 Å². The Morgan fingerprint density at radius 1 is 1.26 bits per heavy atom. The molecule has 120 valence electrons. The third kappa shape index (κ3) is 2.66. The number of carbonyl (C=O) groups excluding carboxylic acids is 1. The van der Waals surface area contributed by atoms with E-state index in [1.807, 2.05) is 0 Å². The fraction of sp³-hybridized carbons (Fsp3) is 0.286. The van der Waals surface area contributed by atoms with Gasteiger partial charge in [0.25, 0.3) is 5.69 Å². The van der Waals surface area contributed by atoms with Gasteiger partial charge >= 0.3 is 5.97 Å². The maximum absolute atomic E-state index is 12.4. The zero-order valence-corrected chi connectivity index (χ0v) is 12.3. The highest BCUT2D eigenvalue weighted by atomic mass is 35.5. The molecule has 3 rings (SSSR count). The number of anilines is 1. The zero-order chi connectivity index (χ0) is 16.7. The van der Waals surface area contributed by atoms with Gasteiger partial charge in [-0.25, -0.2) is 0 Å². The minimum atomic E-state index is -1.12. The molecule has 2 N–H and O–H groups in total. The van der Waals surface area contributed by atoms with E-state index in [0.29, 0.717) is 0 Å². The Labute approximate surface area is 134 Å². The van der Waals surface area contributed by atoms with Crippen LogP contribution in [-0.2, 0) is 14.3 Å². The molecule has 4 atom stereocenters. The Hall–Kier alpha value is -2.45. The number of nitro benzene ring substituents is 1. The number of benzene rings is 1. The lowest BCUT2D eigenvalue weighted by atomic mass is 9.82. The van der Waals surface area contributed by atoms with Crippen molar-refractivity contribution < 1.29 is 24.4 Å². The number of amides is 1. The van der Waals surface area contributed by atoms with E-state index in [4.69, 9.17) is 16.3 Å². The van der Waals surface area contributed by atoms with Crippen molar-refractivity contribution in [1.82, 2.24) is 0 Å². The molecule has 0 spiro atoms. The van der Waals surface area contributed by atoms with Gasteiger partial charge in [0.1, 0.15) is 10.9 Å². The predicted octanol–water partition coefficient (Wildman–Crippen LogP) is 1.84. The fourth-order valence-electron chi connectivity index (χ4n) is 2.87. The standard InChI is InChI=1S/C14H11ClN2O6/c15-7-2-1-6(5-8(7)17(21)22)16-13(18)11-9-3-4-10(23-9)12(11)14(19)20/h1-5,9-12H,(H,16,18)(H,19,20)/t9-,10+,11+,12+/m1/s1. The van der Waals surface area contributed by atoms with Gasteiger partial charge in [0.15, 0.2) is 0 Å². The van der Waals surface area contributed by atoms with E-state index in [1.165, 1.54) is 12.1 Å². The third-order valence-electron chi connectivity index (χ3n) is 3.90. The number of halogens is 1. The van der Waals surface area contributed by atoms with Crippen LogP contribution in [-0.4, -0.2) is 34.1 Å². The first-order valence-corrected chi connectivity index (χ1v) is 7.07. The van der Waals surface area contributed by atoms with Crippen molar-refractivity contribution in [1.29, 1.82) is 0 Å². The van der Waals surface area contributed by atoms with Gasteiger partial charge in [-0.15, -0.1) is 0 Å². The second kappa shape index (κ2) is 5.64. The summed E-state index contributed by atoms with van der Waals surface area (Å²) in [7, 11) is 0. The zero-order valence-electron chi connectivity index (χ0n) is 11.5. The van der Waals surface area contributed by atoms with E-state index >= 15 is 0 Å². The van der Waals surface area contributed by atoms with Crippen molar-refractivity contribution in [3.63, 3.8) is 0 Å². The molecular weight excluding hydrogens is 328 g/mol. The molecule has 8 nitrogen and oxygen atoms in total. The minimum absolute atomic E-state index is 0.0531. The molecule has 0 aromatic heterocycles. The second-order valence-corrected chi connectivity index (χ2v) is 5.66. The molecule has 9 heteroatoms. The van der Waals surface area contributed by atoms with Crippen molar-refractivity contribution in [3.05, 3.63) is 45.5 Å². The first-order valence-electron chi connectivity index (χ1n) is 6.70. The van der Waals surface area contributed by atoms with Gasteiger partial charge in [0, 0.05) is 11.8 Å². The monoisotopic (exact) mass is 338 g/mol. The van der Waals surface area contributed by atoms with Crippen LogP contribution in [0.5, 0.6) is 0 Å². The molecule has 0 aliphatic carbocycles. The summed E-state index contributed by atoms with van der Waals surface area (Å²) in [5, 5.41) is 22.6. The van der Waals surface area contributed by atoms with Gasteiger partial charge in [-0.1, -0.05) is 23.8 Å². The molecule has 2 aliphatic heterocycles. The molecule has 2 aliphatic rings. The lowest BCUT2D eigenvalue weighted by Crippen LogP contribution is -2.39. The lowest BCUT2D eigenvalue weighted by molar-refractivity contribution is -0.384.